The second kappa shape index (κ2) is 7.17. The fraction of sp³-hybridized carbons (Fsp3) is 0.611. The molecule has 1 aliphatic carbocycles. The monoisotopic (exact) mass is 309 g/mol. The fourth-order valence-corrected chi connectivity index (χ4v) is 3.46. The second-order valence-electron chi connectivity index (χ2n) is 6.37. The molecule has 0 amide bonds. The van der Waals surface area contributed by atoms with Gasteiger partial charge in [-0.2, -0.15) is 5.26 Å². The van der Waals surface area contributed by atoms with Crippen molar-refractivity contribution >= 4 is 0 Å². The van der Waals surface area contributed by atoms with E-state index >= 15 is 0 Å². The Morgan fingerprint density at radius 2 is 1.91 bits per heavy atom. The maximum absolute atomic E-state index is 14.4. The zero-order chi connectivity index (χ0) is 16.2. The van der Waals surface area contributed by atoms with Crippen LogP contribution in [0.2, 0.25) is 0 Å². The first-order chi connectivity index (χ1) is 10.5. The molecule has 0 heterocycles. The average molecular weight is 309 g/mol. The minimum absolute atomic E-state index is 0.104. The summed E-state index contributed by atoms with van der Waals surface area (Å²) < 4.78 is 42.4. The van der Waals surface area contributed by atoms with Crippen LogP contribution in [0.3, 0.4) is 0 Å². The first-order valence-corrected chi connectivity index (χ1v) is 8.02. The van der Waals surface area contributed by atoms with Crippen molar-refractivity contribution in [1.29, 1.82) is 5.26 Å². The van der Waals surface area contributed by atoms with Crippen molar-refractivity contribution in [3.63, 3.8) is 0 Å². The Morgan fingerprint density at radius 1 is 1.23 bits per heavy atom. The minimum atomic E-state index is -2.81. The molecular weight excluding hydrogens is 287 g/mol. The molecule has 1 saturated carbocycles. The Labute approximate surface area is 130 Å². The number of nitriles is 1. The molecule has 1 aromatic carbocycles. The predicted octanol–water partition coefficient (Wildman–Crippen LogP) is 5.48. The molecule has 0 radical (unpaired) electrons. The van der Waals surface area contributed by atoms with Gasteiger partial charge in [0, 0.05) is 12.3 Å². The molecule has 0 aliphatic heterocycles. The lowest BCUT2D eigenvalue weighted by atomic mass is 9.76. The van der Waals surface area contributed by atoms with Crippen LogP contribution in [0, 0.1) is 29.0 Å². The topological polar surface area (TPSA) is 23.8 Å². The highest BCUT2D eigenvalue weighted by Gasteiger charge is 2.41. The smallest absolute Gasteiger partial charge is 0.206 e. The molecular formula is C18H22F3N. The highest BCUT2D eigenvalue weighted by Crippen LogP contribution is 2.41. The normalized spacial score (nSPS) is 22.3. The Balaban J connectivity index is 1.99. The summed E-state index contributed by atoms with van der Waals surface area (Å²) in [7, 11) is 0. The summed E-state index contributed by atoms with van der Waals surface area (Å²) in [5, 5.41) is 8.68. The van der Waals surface area contributed by atoms with Crippen LogP contribution in [0.4, 0.5) is 13.2 Å². The molecule has 0 unspecified atom stereocenters. The van der Waals surface area contributed by atoms with Crippen LogP contribution in [0.15, 0.2) is 18.2 Å². The Kier molecular flexibility index (Phi) is 5.50. The van der Waals surface area contributed by atoms with E-state index in [-0.39, 0.29) is 11.1 Å². The molecule has 1 nitrogen and oxygen atoms in total. The first kappa shape index (κ1) is 16.9. The second-order valence-corrected chi connectivity index (χ2v) is 6.37. The predicted molar refractivity (Wildman–Crippen MR) is 80.1 cm³/mol. The maximum atomic E-state index is 14.4. The summed E-state index contributed by atoms with van der Waals surface area (Å²) in [6.07, 6.45) is 4.63. The molecule has 1 aliphatic rings. The molecule has 0 aromatic heterocycles. The molecule has 0 saturated heterocycles. The van der Waals surface area contributed by atoms with Crippen LogP contribution in [-0.2, 0) is 6.42 Å². The lowest BCUT2D eigenvalue weighted by Gasteiger charge is -2.33. The highest BCUT2D eigenvalue weighted by molar-refractivity contribution is 5.33. The molecule has 0 atom stereocenters. The quantitative estimate of drug-likeness (QED) is 0.706. The molecule has 22 heavy (non-hydrogen) atoms. The van der Waals surface area contributed by atoms with Gasteiger partial charge in [-0.15, -0.1) is 0 Å². The number of benzene rings is 1. The standard InChI is InChI=1S/C18H22F3N/c1-2-3-13-5-8-16(9-6-13)18(20,21)11-14-4-7-15(12-22)17(19)10-14/h4,7,10,13,16H,2-3,5-6,8-9,11H2,1H3. The van der Waals surface area contributed by atoms with Crippen molar-refractivity contribution in [2.45, 2.75) is 57.8 Å². The Bertz CT molecular complexity index is 540. The van der Waals surface area contributed by atoms with E-state index in [1.165, 1.54) is 12.1 Å². The van der Waals surface area contributed by atoms with Crippen LogP contribution < -0.4 is 0 Å². The number of alkyl halides is 2. The number of nitrogens with zero attached hydrogens (tertiary/aromatic N) is 1. The maximum Gasteiger partial charge on any atom is 0.254 e. The van der Waals surface area contributed by atoms with Gasteiger partial charge in [-0.05, 0) is 49.3 Å². The summed E-state index contributed by atoms with van der Waals surface area (Å²) in [6.45, 7) is 2.13. The van der Waals surface area contributed by atoms with Gasteiger partial charge in [-0.25, -0.2) is 13.2 Å². The summed E-state index contributed by atoms with van der Waals surface area (Å²) in [6, 6.07) is 5.47. The van der Waals surface area contributed by atoms with E-state index in [0.717, 1.165) is 31.7 Å². The largest absolute Gasteiger partial charge is 0.254 e. The summed E-state index contributed by atoms with van der Waals surface area (Å²) in [4.78, 5) is 0. The highest BCUT2D eigenvalue weighted by atomic mass is 19.3. The molecule has 2 rings (SSSR count). The van der Waals surface area contributed by atoms with Gasteiger partial charge >= 0.3 is 0 Å². The van der Waals surface area contributed by atoms with Crippen LogP contribution >= 0.6 is 0 Å². The van der Waals surface area contributed by atoms with Crippen molar-refractivity contribution in [1.82, 2.24) is 0 Å². The van der Waals surface area contributed by atoms with E-state index < -0.39 is 24.1 Å². The SMILES string of the molecule is CCCC1CCC(C(F)(F)Cc2ccc(C#N)c(F)c2)CC1. The van der Waals surface area contributed by atoms with Gasteiger partial charge in [0.15, 0.2) is 0 Å². The van der Waals surface area contributed by atoms with Crippen molar-refractivity contribution in [2.24, 2.45) is 11.8 Å². The fourth-order valence-electron chi connectivity index (χ4n) is 3.46. The number of hydrogen-bond donors (Lipinski definition) is 0. The zero-order valence-electron chi connectivity index (χ0n) is 12.9. The molecule has 1 fully saturated rings. The van der Waals surface area contributed by atoms with Crippen molar-refractivity contribution in [3.05, 3.63) is 35.1 Å². The number of hydrogen-bond acceptors (Lipinski definition) is 1. The summed E-state index contributed by atoms with van der Waals surface area (Å²) >= 11 is 0. The number of rotatable bonds is 5. The summed E-state index contributed by atoms with van der Waals surface area (Å²) in [5.74, 6) is -3.55. The molecule has 0 spiro atoms. The average Bonchev–Trinajstić information content (AvgIpc) is 2.48. The van der Waals surface area contributed by atoms with Crippen molar-refractivity contribution < 1.29 is 13.2 Å². The van der Waals surface area contributed by atoms with Gasteiger partial charge in [0.25, 0.3) is 5.92 Å². The zero-order valence-corrected chi connectivity index (χ0v) is 12.9. The third kappa shape index (κ3) is 4.03. The van der Waals surface area contributed by atoms with Gasteiger partial charge < -0.3 is 0 Å². The van der Waals surface area contributed by atoms with Gasteiger partial charge in [0.2, 0.25) is 0 Å². The van der Waals surface area contributed by atoms with Gasteiger partial charge in [0.05, 0.1) is 5.56 Å². The number of halogens is 3. The van der Waals surface area contributed by atoms with E-state index in [1.54, 1.807) is 6.07 Å². The van der Waals surface area contributed by atoms with Crippen LogP contribution in [0.25, 0.3) is 0 Å². The Hall–Kier alpha value is -1.50. The van der Waals surface area contributed by atoms with E-state index in [0.29, 0.717) is 18.8 Å². The molecule has 4 heteroatoms. The summed E-state index contributed by atoms with van der Waals surface area (Å²) in [5.41, 5.74) is 0.157. The van der Waals surface area contributed by atoms with Gasteiger partial charge in [-0.1, -0.05) is 25.8 Å². The lowest BCUT2D eigenvalue weighted by molar-refractivity contribution is -0.0746. The van der Waals surface area contributed by atoms with Crippen molar-refractivity contribution in [3.8, 4) is 6.07 Å². The van der Waals surface area contributed by atoms with Gasteiger partial charge in [-0.3, -0.25) is 0 Å². The third-order valence-electron chi connectivity index (χ3n) is 4.73. The molecule has 0 bridgehead atoms. The Morgan fingerprint density at radius 3 is 2.45 bits per heavy atom. The van der Waals surface area contributed by atoms with Crippen LogP contribution in [0.1, 0.15) is 56.6 Å². The molecule has 1 aromatic rings. The van der Waals surface area contributed by atoms with E-state index in [1.807, 2.05) is 0 Å². The van der Waals surface area contributed by atoms with E-state index in [4.69, 9.17) is 5.26 Å². The molecule has 120 valence electrons. The van der Waals surface area contributed by atoms with Gasteiger partial charge in [0.1, 0.15) is 11.9 Å². The van der Waals surface area contributed by atoms with Crippen LogP contribution in [0.5, 0.6) is 0 Å². The van der Waals surface area contributed by atoms with E-state index in [9.17, 15) is 13.2 Å². The lowest BCUT2D eigenvalue weighted by Crippen LogP contribution is -2.34. The first-order valence-electron chi connectivity index (χ1n) is 8.02. The third-order valence-corrected chi connectivity index (χ3v) is 4.73. The van der Waals surface area contributed by atoms with E-state index in [2.05, 4.69) is 6.92 Å². The van der Waals surface area contributed by atoms with Crippen molar-refractivity contribution in [2.75, 3.05) is 0 Å². The van der Waals surface area contributed by atoms with Crippen LogP contribution in [-0.4, -0.2) is 5.92 Å². The minimum Gasteiger partial charge on any atom is -0.206 e. The molecule has 0 N–H and O–H groups in total.